The van der Waals surface area contributed by atoms with E-state index in [4.69, 9.17) is 5.73 Å². The molecule has 0 aliphatic carbocycles. The van der Waals surface area contributed by atoms with Crippen molar-refractivity contribution < 1.29 is 4.79 Å². The van der Waals surface area contributed by atoms with Gasteiger partial charge in [0.15, 0.2) is 0 Å². The Kier molecular flexibility index (Phi) is 14.6. The lowest BCUT2D eigenvalue weighted by molar-refractivity contribution is -0.121. The van der Waals surface area contributed by atoms with Crippen LogP contribution in [0.4, 0.5) is 0 Å². The van der Waals surface area contributed by atoms with E-state index in [-0.39, 0.29) is 30.7 Å². The van der Waals surface area contributed by atoms with Gasteiger partial charge in [-0.1, -0.05) is 51.0 Å². The van der Waals surface area contributed by atoms with Crippen molar-refractivity contribution >= 4 is 30.7 Å². The van der Waals surface area contributed by atoms with Crippen molar-refractivity contribution in [1.29, 1.82) is 0 Å². The van der Waals surface area contributed by atoms with Gasteiger partial charge in [-0.25, -0.2) is 0 Å². The zero-order valence-electron chi connectivity index (χ0n) is 17.5. The van der Waals surface area contributed by atoms with Crippen LogP contribution in [0.1, 0.15) is 63.5 Å². The van der Waals surface area contributed by atoms with Gasteiger partial charge in [0, 0.05) is 32.6 Å². The third kappa shape index (κ3) is 10.1. The second-order valence-corrected chi connectivity index (χ2v) is 8.14. The number of hydrogen-bond donors (Lipinski definition) is 2. The van der Waals surface area contributed by atoms with Crippen LogP contribution in [0.25, 0.3) is 0 Å². The SMILES string of the molecule is CC1CC(C)CN(Cc2ccccc2CNC(=O)CCCCCCN)C1.Cl.Cl. The van der Waals surface area contributed by atoms with Gasteiger partial charge in [-0.3, -0.25) is 9.69 Å². The van der Waals surface area contributed by atoms with E-state index in [0.29, 0.717) is 13.0 Å². The highest BCUT2D eigenvalue weighted by molar-refractivity contribution is 5.85. The summed E-state index contributed by atoms with van der Waals surface area (Å²) < 4.78 is 0. The Bertz CT molecular complexity index is 546. The molecular weight excluding hydrogens is 393 g/mol. The van der Waals surface area contributed by atoms with E-state index < -0.39 is 0 Å². The quantitative estimate of drug-likeness (QED) is 0.534. The first-order valence-corrected chi connectivity index (χ1v) is 10.3. The molecule has 1 fully saturated rings. The van der Waals surface area contributed by atoms with Crippen LogP contribution in [0.3, 0.4) is 0 Å². The number of hydrogen-bond acceptors (Lipinski definition) is 3. The van der Waals surface area contributed by atoms with Gasteiger partial charge in [-0.15, -0.1) is 24.8 Å². The third-order valence-corrected chi connectivity index (χ3v) is 5.29. The monoisotopic (exact) mass is 431 g/mol. The molecule has 0 bridgehead atoms. The minimum atomic E-state index is 0. The van der Waals surface area contributed by atoms with Crippen molar-refractivity contribution in [1.82, 2.24) is 10.2 Å². The summed E-state index contributed by atoms with van der Waals surface area (Å²) in [6.45, 7) is 9.42. The first-order valence-electron chi connectivity index (χ1n) is 10.3. The summed E-state index contributed by atoms with van der Waals surface area (Å²) in [4.78, 5) is 14.7. The van der Waals surface area contributed by atoms with Gasteiger partial charge in [0.05, 0.1) is 0 Å². The lowest BCUT2D eigenvalue weighted by Crippen LogP contribution is -2.38. The summed E-state index contributed by atoms with van der Waals surface area (Å²) >= 11 is 0. The number of carbonyl (C=O) groups is 1. The fourth-order valence-electron chi connectivity index (χ4n) is 4.11. The first-order chi connectivity index (χ1) is 12.6. The molecule has 1 aromatic carbocycles. The highest BCUT2D eigenvalue weighted by Crippen LogP contribution is 2.23. The van der Waals surface area contributed by atoms with E-state index in [9.17, 15) is 4.79 Å². The van der Waals surface area contributed by atoms with Crippen molar-refractivity contribution in [2.75, 3.05) is 19.6 Å². The smallest absolute Gasteiger partial charge is 0.220 e. The maximum Gasteiger partial charge on any atom is 0.220 e. The Balaban J connectivity index is 0.00000364. The fraction of sp³-hybridized carbons (Fsp3) is 0.682. The second kappa shape index (κ2) is 15.1. The molecular formula is C22H39Cl2N3O. The molecule has 0 spiro atoms. The average molecular weight is 432 g/mol. The Labute approximate surface area is 183 Å². The van der Waals surface area contributed by atoms with Gasteiger partial charge in [-0.2, -0.15) is 0 Å². The molecule has 1 amide bonds. The van der Waals surface area contributed by atoms with Crippen LogP contribution >= 0.6 is 24.8 Å². The molecule has 28 heavy (non-hydrogen) atoms. The molecule has 0 aromatic heterocycles. The van der Waals surface area contributed by atoms with E-state index >= 15 is 0 Å². The Morgan fingerprint density at radius 3 is 2.29 bits per heavy atom. The van der Waals surface area contributed by atoms with Crippen LogP contribution in [-0.4, -0.2) is 30.4 Å². The lowest BCUT2D eigenvalue weighted by Gasteiger charge is -2.35. The molecule has 162 valence electrons. The molecule has 6 heteroatoms. The molecule has 4 nitrogen and oxygen atoms in total. The molecule has 1 heterocycles. The molecule has 2 atom stereocenters. The predicted molar refractivity (Wildman–Crippen MR) is 123 cm³/mol. The summed E-state index contributed by atoms with van der Waals surface area (Å²) in [6.07, 6.45) is 6.18. The Hall–Kier alpha value is -0.810. The topological polar surface area (TPSA) is 58.4 Å². The van der Waals surface area contributed by atoms with Gasteiger partial charge < -0.3 is 11.1 Å². The second-order valence-electron chi connectivity index (χ2n) is 8.14. The molecule has 0 radical (unpaired) electrons. The average Bonchev–Trinajstić information content (AvgIpc) is 2.60. The van der Waals surface area contributed by atoms with E-state index in [0.717, 1.165) is 50.6 Å². The standard InChI is InChI=1S/C22H37N3O.2ClH/c1-18-13-19(2)16-25(15-18)17-21-10-7-6-9-20(21)14-24-22(26)11-5-3-4-8-12-23;;/h6-7,9-10,18-19H,3-5,8,11-17,23H2,1-2H3,(H,24,26);2*1H. The maximum absolute atomic E-state index is 12.1. The number of rotatable bonds is 10. The number of benzene rings is 1. The highest BCUT2D eigenvalue weighted by Gasteiger charge is 2.22. The number of piperidine rings is 1. The number of likely N-dealkylation sites (tertiary alicyclic amines) is 1. The zero-order chi connectivity index (χ0) is 18.8. The molecule has 1 aromatic rings. The van der Waals surface area contributed by atoms with Crippen LogP contribution in [0.15, 0.2) is 24.3 Å². The number of carbonyl (C=O) groups excluding carboxylic acids is 1. The van der Waals surface area contributed by atoms with Crippen molar-refractivity contribution in [2.24, 2.45) is 17.6 Å². The summed E-state index contributed by atoms with van der Waals surface area (Å²) in [5.41, 5.74) is 8.09. The number of halogens is 2. The maximum atomic E-state index is 12.1. The number of amides is 1. The number of nitrogens with one attached hydrogen (secondary N) is 1. The van der Waals surface area contributed by atoms with E-state index in [2.05, 4.69) is 48.3 Å². The molecule has 3 N–H and O–H groups in total. The van der Waals surface area contributed by atoms with Gasteiger partial charge >= 0.3 is 0 Å². The van der Waals surface area contributed by atoms with Gasteiger partial charge in [0.2, 0.25) is 5.91 Å². The van der Waals surface area contributed by atoms with Crippen LogP contribution in [0.2, 0.25) is 0 Å². The van der Waals surface area contributed by atoms with Crippen LogP contribution < -0.4 is 11.1 Å². The zero-order valence-corrected chi connectivity index (χ0v) is 19.1. The van der Waals surface area contributed by atoms with E-state index in [1.54, 1.807) is 0 Å². The predicted octanol–water partition coefficient (Wildman–Crippen LogP) is 4.53. The van der Waals surface area contributed by atoms with Crippen molar-refractivity contribution in [2.45, 2.75) is 65.5 Å². The summed E-state index contributed by atoms with van der Waals surface area (Å²) in [6, 6.07) is 8.53. The number of unbranched alkanes of at least 4 members (excludes halogenated alkanes) is 3. The first kappa shape index (κ1) is 27.2. The van der Waals surface area contributed by atoms with E-state index in [1.165, 1.54) is 30.6 Å². The summed E-state index contributed by atoms with van der Waals surface area (Å²) in [5, 5.41) is 3.10. The third-order valence-electron chi connectivity index (χ3n) is 5.29. The number of nitrogens with two attached hydrogens (primary N) is 1. The van der Waals surface area contributed by atoms with Crippen LogP contribution in [0, 0.1) is 11.8 Å². The largest absolute Gasteiger partial charge is 0.352 e. The Morgan fingerprint density at radius 2 is 1.64 bits per heavy atom. The van der Waals surface area contributed by atoms with Crippen LogP contribution in [-0.2, 0) is 17.9 Å². The minimum absolute atomic E-state index is 0. The Morgan fingerprint density at radius 1 is 1.04 bits per heavy atom. The summed E-state index contributed by atoms with van der Waals surface area (Å²) in [5.74, 6) is 1.70. The fourth-order valence-corrected chi connectivity index (χ4v) is 4.11. The van der Waals surface area contributed by atoms with Gasteiger partial charge in [0.1, 0.15) is 0 Å². The van der Waals surface area contributed by atoms with Crippen LogP contribution in [0.5, 0.6) is 0 Å². The van der Waals surface area contributed by atoms with E-state index in [1.807, 2.05) is 0 Å². The van der Waals surface area contributed by atoms with Crippen molar-refractivity contribution in [3.8, 4) is 0 Å². The molecule has 1 aliphatic heterocycles. The molecule has 0 saturated carbocycles. The molecule has 2 rings (SSSR count). The number of nitrogens with zero attached hydrogens (tertiary/aromatic N) is 1. The van der Waals surface area contributed by atoms with Crippen molar-refractivity contribution in [3.63, 3.8) is 0 Å². The van der Waals surface area contributed by atoms with Gasteiger partial charge in [-0.05, 0) is 48.8 Å². The molecule has 1 aliphatic rings. The molecule has 2 unspecified atom stereocenters. The lowest BCUT2D eigenvalue weighted by atomic mass is 9.91. The highest BCUT2D eigenvalue weighted by atomic mass is 35.5. The van der Waals surface area contributed by atoms with Gasteiger partial charge in [0.25, 0.3) is 0 Å². The summed E-state index contributed by atoms with van der Waals surface area (Å²) in [7, 11) is 0. The minimum Gasteiger partial charge on any atom is -0.352 e. The molecule has 1 saturated heterocycles. The van der Waals surface area contributed by atoms with Crippen molar-refractivity contribution in [3.05, 3.63) is 35.4 Å². The normalized spacial score (nSPS) is 19.4.